The number of aliphatic carboxylic acids is 1. The van der Waals surface area contributed by atoms with Gasteiger partial charge in [-0.05, 0) is 20.4 Å². The molecule has 6 heteroatoms. The number of nitrogens with zero attached hydrogens (tertiary/aromatic N) is 3. The Labute approximate surface area is 107 Å². The quantitative estimate of drug-likeness (QED) is 0.780. The molecule has 2 N–H and O–H groups in total. The summed E-state index contributed by atoms with van der Waals surface area (Å²) in [4.78, 5) is 17.7. The SMILES string of the molecule is CNC(C)(CCN1CCn2ccnc2C1)C(=O)O. The molecule has 0 radical (unpaired) electrons. The third kappa shape index (κ3) is 2.54. The van der Waals surface area contributed by atoms with Gasteiger partial charge in [-0.3, -0.25) is 9.69 Å². The number of carbonyl (C=O) groups is 1. The number of nitrogens with one attached hydrogen (secondary N) is 1. The van der Waals surface area contributed by atoms with Crippen LogP contribution < -0.4 is 5.32 Å². The lowest BCUT2D eigenvalue weighted by Crippen LogP contribution is -2.50. The number of carboxylic acids is 1. The van der Waals surface area contributed by atoms with E-state index in [-0.39, 0.29) is 0 Å². The van der Waals surface area contributed by atoms with Gasteiger partial charge in [0.25, 0.3) is 0 Å². The molecule has 0 saturated heterocycles. The topological polar surface area (TPSA) is 70.4 Å². The zero-order chi connectivity index (χ0) is 13.2. The van der Waals surface area contributed by atoms with Crippen molar-refractivity contribution in [3.63, 3.8) is 0 Å². The van der Waals surface area contributed by atoms with Crippen molar-refractivity contribution >= 4 is 5.97 Å². The van der Waals surface area contributed by atoms with Crippen LogP contribution in [0.1, 0.15) is 19.2 Å². The highest BCUT2D eigenvalue weighted by Crippen LogP contribution is 2.15. The summed E-state index contributed by atoms with van der Waals surface area (Å²) < 4.78 is 2.14. The third-order valence-corrected chi connectivity index (χ3v) is 3.78. The van der Waals surface area contributed by atoms with Crippen molar-refractivity contribution in [1.29, 1.82) is 0 Å². The first kappa shape index (κ1) is 13.0. The second-order valence-corrected chi connectivity index (χ2v) is 4.95. The summed E-state index contributed by atoms with van der Waals surface area (Å²) in [7, 11) is 1.69. The molecule has 18 heavy (non-hydrogen) atoms. The predicted octanol–water partition coefficient (Wildman–Crippen LogP) is 0.151. The van der Waals surface area contributed by atoms with Crippen molar-refractivity contribution in [1.82, 2.24) is 19.8 Å². The van der Waals surface area contributed by atoms with E-state index in [9.17, 15) is 9.90 Å². The van der Waals surface area contributed by atoms with Gasteiger partial charge in [-0.25, -0.2) is 4.98 Å². The van der Waals surface area contributed by atoms with Crippen LogP contribution in [0.15, 0.2) is 12.4 Å². The highest BCUT2D eigenvalue weighted by atomic mass is 16.4. The Hall–Kier alpha value is -1.40. The smallest absolute Gasteiger partial charge is 0.323 e. The van der Waals surface area contributed by atoms with Gasteiger partial charge in [-0.15, -0.1) is 0 Å². The maximum absolute atomic E-state index is 11.2. The Kier molecular flexibility index (Phi) is 3.68. The molecule has 2 rings (SSSR count). The summed E-state index contributed by atoms with van der Waals surface area (Å²) in [5.41, 5.74) is -0.854. The van der Waals surface area contributed by atoms with Gasteiger partial charge >= 0.3 is 5.97 Å². The van der Waals surface area contributed by atoms with Crippen LogP contribution in [0.4, 0.5) is 0 Å². The minimum absolute atomic E-state index is 0.583. The summed E-state index contributed by atoms with van der Waals surface area (Å²) in [6.07, 6.45) is 4.38. The summed E-state index contributed by atoms with van der Waals surface area (Å²) in [6.45, 7) is 5.16. The fourth-order valence-corrected chi connectivity index (χ4v) is 2.13. The molecule has 0 bridgehead atoms. The lowest BCUT2D eigenvalue weighted by molar-refractivity contribution is -0.144. The van der Waals surface area contributed by atoms with Crippen LogP contribution in [0.3, 0.4) is 0 Å². The number of hydrogen-bond acceptors (Lipinski definition) is 4. The second kappa shape index (κ2) is 5.07. The van der Waals surface area contributed by atoms with Gasteiger partial charge in [-0.1, -0.05) is 0 Å². The van der Waals surface area contributed by atoms with Crippen molar-refractivity contribution in [2.24, 2.45) is 0 Å². The lowest BCUT2D eigenvalue weighted by Gasteiger charge is -2.31. The fraction of sp³-hybridized carbons (Fsp3) is 0.667. The second-order valence-electron chi connectivity index (χ2n) is 4.95. The molecule has 100 valence electrons. The number of imidazole rings is 1. The van der Waals surface area contributed by atoms with Gasteiger partial charge in [0.15, 0.2) is 0 Å². The first-order valence-corrected chi connectivity index (χ1v) is 6.20. The van der Waals surface area contributed by atoms with E-state index < -0.39 is 11.5 Å². The largest absolute Gasteiger partial charge is 0.480 e. The van der Waals surface area contributed by atoms with Crippen molar-refractivity contribution in [3.05, 3.63) is 18.2 Å². The zero-order valence-electron chi connectivity index (χ0n) is 10.9. The highest BCUT2D eigenvalue weighted by Gasteiger charge is 2.31. The monoisotopic (exact) mass is 252 g/mol. The van der Waals surface area contributed by atoms with Crippen molar-refractivity contribution < 1.29 is 9.90 Å². The molecule has 0 saturated carbocycles. The van der Waals surface area contributed by atoms with E-state index in [0.717, 1.165) is 32.0 Å². The highest BCUT2D eigenvalue weighted by molar-refractivity contribution is 5.78. The molecule has 0 amide bonds. The van der Waals surface area contributed by atoms with Gasteiger partial charge in [0.05, 0.1) is 6.54 Å². The molecule has 1 aromatic heterocycles. The molecule has 1 unspecified atom stereocenters. The van der Waals surface area contributed by atoms with Gasteiger partial charge in [-0.2, -0.15) is 0 Å². The van der Waals surface area contributed by atoms with Crippen LogP contribution in [-0.4, -0.2) is 51.2 Å². The summed E-state index contributed by atoms with van der Waals surface area (Å²) in [6, 6.07) is 0. The number of hydrogen-bond donors (Lipinski definition) is 2. The molecule has 1 aromatic rings. The number of fused-ring (bicyclic) bond motifs is 1. The average molecular weight is 252 g/mol. The van der Waals surface area contributed by atoms with E-state index in [2.05, 4.69) is 19.8 Å². The number of rotatable bonds is 5. The van der Waals surface area contributed by atoms with E-state index in [1.165, 1.54) is 0 Å². The van der Waals surface area contributed by atoms with Crippen LogP contribution in [0.25, 0.3) is 0 Å². The zero-order valence-corrected chi connectivity index (χ0v) is 10.9. The first-order valence-electron chi connectivity index (χ1n) is 6.20. The maximum atomic E-state index is 11.2. The molecule has 6 nitrogen and oxygen atoms in total. The average Bonchev–Trinajstić information content (AvgIpc) is 2.82. The normalized spacial score (nSPS) is 19.2. The Morgan fingerprint density at radius 2 is 2.39 bits per heavy atom. The van der Waals surface area contributed by atoms with Crippen molar-refractivity contribution in [2.75, 3.05) is 20.1 Å². The molecule has 0 spiro atoms. The van der Waals surface area contributed by atoms with Gasteiger partial charge < -0.3 is 15.0 Å². The standard InChI is InChI=1S/C12H20N4O2/c1-12(13-2,11(17)18)3-5-15-7-8-16-6-4-14-10(16)9-15/h4,6,13H,3,5,7-9H2,1-2H3,(H,17,18). The van der Waals surface area contributed by atoms with E-state index in [1.807, 2.05) is 12.4 Å². The van der Waals surface area contributed by atoms with Gasteiger partial charge in [0.1, 0.15) is 11.4 Å². The Morgan fingerprint density at radius 3 is 3.06 bits per heavy atom. The molecule has 0 aromatic carbocycles. The molecule has 0 fully saturated rings. The van der Waals surface area contributed by atoms with Crippen LogP contribution in [-0.2, 0) is 17.9 Å². The van der Waals surface area contributed by atoms with Gasteiger partial charge in [0, 0.05) is 32.0 Å². The van der Waals surface area contributed by atoms with E-state index >= 15 is 0 Å². The molecule has 1 atom stereocenters. The van der Waals surface area contributed by atoms with Crippen LogP contribution in [0.5, 0.6) is 0 Å². The number of likely N-dealkylation sites (N-methyl/N-ethyl adjacent to an activating group) is 1. The summed E-state index contributed by atoms with van der Waals surface area (Å²) >= 11 is 0. The van der Waals surface area contributed by atoms with Crippen LogP contribution >= 0.6 is 0 Å². The van der Waals surface area contributed by atoms with E-state index in [4.69, 9.17) is 0 Å². The van der Waals surface area contributed by atoms with Crippen LogP contribution in [0.2, 0.25) is 0 Å². The third-order valence-electron chi connectivity index (χ3n) is 3.78. The number of carboxylic acid groups (broad SMARTS) is 1. The van der Waals surface area contributed by atoms with Crippen molar-refractivity contribution in [3.8, 4) is 0 Å². The minimum atomic E-state index is -0.854. The van der Waals surface area contributed by atoms with Crippen molar-refractivity contribution in [2.45, 2.75) is 32.0 Å². The maximum Gasteiger partial charge on any atom is 0.323 e. The first-order chi connectivity index (χ1) is 8.55. The lowest BCUT2D eigenvalue weighted by atomic mass is 9.98. The fourth-order valence-electron chi connectivity index (χ4n) is 2.13. The Morgan fingerprint density at radius 1 is 1.61 bits per heavy atom. The van der Waals surface area contributed by atoms with E-state index in [0.29, 0.717) is 6.42 Å². The van der Waals surface area contributed by atoms with E-state index in [1.54, 1.807) is 14.0 Å². The van der Waals surface area contributed by atoms with Gasteiger partial charge in [0.2, 0.25) is 0 Å². The summed E-state index contributed by atoms with van der Waals surface area (Å²) in [5.74, 6) is 0.256. The molecular formula is C12H20N4O2. The molecular weight excluding hydrogens is 232 g/mol. The molecule has 1 aliphatic heterocycles. The predicted molar refractivity (Wildman–Crippen MR) is 67.2 cm³/mol. The molecule has 1 aliphatic rings. The molecule has 0 aliphatic carbocycles. The minimum Gasteiger partial charge on any atom is -0.480 e. The number of aromatic nitrogens is 2. The molecule has 2 heterocycles. The Balaban J connectivity index is 1.91. The summed E-state index contributed by atoms with van der Waals surface area (Å²) in [5, 5.41) is 12.1. The Bertz CT molecular complexity index is 431. The van der Waals surface area contributed by atoms with Crippen LogP contribution in [0, 0.1) is 0 Å².